The lowest BCUT2D eigenvalue weighted by molar-refractivity contribution is -0.119. The van der Waals surface area contributed by atoms with Crippen LogP contribution >= 0.6 is 11.8 Å². The topological polar surface area (TPSA) is 66.5 Å². The number of rotatable bonds is 11. The molecule has 1 amide bonds. The molecule has 5 nitrogen and oxygen atoms in total. The van der Waals surface area contributed by atoms with Gasteiger partial charge in [0, 0.05) is 12.3 Å². The number of nitrogens with zero attached hydrogens (tertiary/aromatic N) is 1. The Bertz CT molecular complexity index is 1170. The van der Waals surface area contributed by atoms with Crippen LogP contribution in [0.15, 0.2) is 83.8 Å². The molecule has 174 valence electrons. The summed E-state index contributed by atoms with van der Waals surface area (Å²) in [6, 6.07) is 21.6. The Hall–Kier alpha value is -2.84. The maximum atomic E-state index is 14.5. The number of carbonyl (C=O) groups excluding carboxylic acids is 1. The minimum absolute atomic E-state index is 0.00592. The van der Waals surface area contributed by atoms with Crippen molar-refractivity contribution in [1.82, 2.24) is 5.32 Å². The minimum Gasteiger partial charge on any atom is -0.354 e. The highest BCUT2D eigenvalue weighted by Gasteiger charge is 2.28. The molecule has 0 bridgehead atoms. The Morgan fingerprint density at radius 2 is 1.73 bits per heavy atom. The standard InChI is InChI=1S/C25H27FN2O3S2/c1-20-9-7-10-21(17-20)19-32-16-8-15-27-25(29)18-28(24-14-6-5-13-23(24)26)33(30,31)22-11-3-2-4-12-22/h2-7,9-14,17H,8,15-16,18-19H2,1H3,(H,27,29). The Labute approximate surface area is 199 Å². The van der Waals surface area contributed by atoms with Crippen molar-refractivity contribution >= 4 is 33.4 Å². The van der Waals surface area contributed by atoms with Crippen LogP contribution in [-0.2, 0) is 20.6 Å². The number of halogens is 1. The molecule has 0 atom stereocenters. The summed E-state index contributed by atoms with van der Waals surface area (Å²) in [5.41, 5.74) is 2.33. The highest BCUT2D eigenvalue weighted by atomic mass is 32.2. The Kier molecular flexibility index (Phi) is 8.91. The van der Waals surface area contributed by atoms with Gasteiger partial charge in [-0.2, -0.15) is 11.8 Å². The van der Waals surface area contributed by atoms with Crippen molar-refractivity contribution in [2.75, 3.05) is 23.1 Å². The van der Waals surface area contributed by atoms with Crippen LogP contribution in [0.2, 0.25) is 0 Å². The molecule has 0 radical (unpaired) electrons. The molecule has 0 spiro atoms. The van der Waals surface area contributed by atoms with Gasteiger partial charge in [0.05, 0.1) is 10.6 Å². The fourth-order valence-electron chi connectivity index (χ4n) is 3.25. The zero-order chi connectivity index (χ0) is 23.7. The molecular formula is C25H27FN2O3S2. The molecule has 0 aliphatic heterocycles. The maximum absolute atomic E-state index is 14.5. The van der Waals surface area contributed by atoms with Gasteiger partial charge >= 0.3 is 0 Å². The van der Waals surface area contributed by atoms with E-state index in [1.165, 1.54) is 47.5 Å². The second-order valence-corrected chi connectivity index (χ2v) is 10.5. The fraction of sp³-hybridized carbons (Fsp3) is 0.240. The lowest BCUT2D eigenvalue weighted by Gasteiger charge is -2.24. The molecule has 8 heteroatoms. The van der Waals surface area contributed by atoms with Crippen LogP contribution in [0.25, 0.3) is 0 Å². The summed E-state index contributed by atoms with van der Waals surface area (Å²) in [6.07, 6.45) is 0.743. The second-order valence-electron chi connectivity index (χ2n) is 7.52. The molecule has 3 rings (SSSR count). The van der Waals surface area contributed by atoms with E-state index in [2.05, 4.69) is 30.4 Å². The molecule has 0 fully saturated rings. The van der Waals surface area contributed by atoms with Crippen molar-refractivity contribution in [2.45, 2.75) is 24.0 Å². The third kappa shape index (κ3) is 7.07. The first-order valence-corrected chi connectivity index (χ1v) is 13.2. The third-order valence-corrected chi connectivity index (χ3v) is 7.77. The van der Waals surface area contributed by atoms with Crippen LogP contribution in [0, 0.1) is 12.7 Å². The van der Waals surface area contributed by atoms with E-state index in [0.29, 0.717) is 6.54 Å². The quantitative estimate of drug-likeness (QED) is 0.397. The molecule has 0 saturated heterocycles. The van der Waals surface area contributed by atoms with Gasteiger partial charge in [0.15, 0.2) is 0 Å². The SMILES string of the molecule is Cc1cccc(CSCCCNC(=O)CN(c2ccccc2F)S(=O)(=O)c2ccccc2)c1. The fourth-order valence-corrected chi connectivity index (χ4v) is 5.61. The number of thioether (sulfide) groups is 1. The number of amides is 1. The number of nitrogens with one attached hydrogen (secondary N) is 1. The van der Waals surface area contributed by atoms with Crippen molar-refractivity contribution < 1.29 is 17.6 Å². The molecule has 1 N–H and O–H groups in total. The van der Waals surface area contributed by atoms with Gasteiger partial charge in [-0.1, -0.05) is 60.2 Å². The van der Waals surface area contributed by atoms with E-state index in [9.17, 15) is 17.6 Å². The first-order chi connectivity index (χ1) is 15.9. The normalized spacial score (nSPS) is 11.2. The number of sulfonamides is 1. The predicted octanol–water partition coefficient (Wildman–Crippen LogP) is 4.77. The maximum Gasteiger partial charge on any atom is 0.264 e. The molecular weight excluding hydrogens is 459 g/mol. The highest BCUT2D eigenvalue weighted by Crippen LogP contribution is 2.26. The van der Waals surface area contributed by atoms with E-state index in [-0.39, 0.29) is 10.6 Å². The van der Waals surface area contributed by atoms with Gasteiger partial charge in [-0.25, -0.2) is 12.8 Å². The number of anilines is 1. The van der Waals surface area contributed by atoms with E-state index < -0.39 is 28.3 Å². The zero-order valence-electron chi connectivity index (χ0n) is 18.4. The average Bonchev–Trinajstić information content (AvgIpc) is 2.81. The molecule has 3 aromatic rings. The van der Waals surface area contributed by atoms with Gasteiger partial charge in [0.1, 0.15) is 12.4 Å². The van der Waals surface area contributed by atoms with Crippen LogP contribution in [-0.4, -0.2) is 33.2 Å². The van der Waals surface area contributed by atoms with E-state index in [4.69, 9.17) is 0 Å². The molecule has 0 aliphatic carbocycles. The summed E-state index contributed by atoms with van der Waals surface area (Å²) in [6.45, 7) is 1.97. The Balaban J connectivity index is 1.57. The first kappa shape index (κ1) is 24.8. The van der Waals surface area contributed by atoms with Gasteiger partial charge in [-0.05, 0) is 48.9 Å². The molecule has 3 aromatic carbocycles. The molecule has 0 heterocycles. The summed E-state index contributed by atoms with van der Waals surface area (Å²) in [7, 11) is -4.12. The summed E-state index contributed by atoms with van der Waals surface area (Å²) in [5, 5.41) is 2.75. The lowest BCUT2D eigenvalue weighted by Crippen LogP contribution is -2.41. The molecule has 0 aliphatic rings. The van der Waals surface area contributed by atoms with Crippen LogP contribution in [0.3, 0.4) is 0 Å². The Morgan fingerprint density at radius 1 is 1.00 bits per heavy atom. The van der Waals surface area contributed by atoms with Crippen LogP contribution < -0.4 is 9.62 Å². The Morgan fingerprint density at radius 3 is 2.45 bits per heavy atom. The van der Waals surface area contributed by atoms with Crippen LogP contribution in [0.1, 0.15) is 17.5 Å². The van der Waals surface area contributed by atoms with E-state index >= 15 is 0 Å². The van der Waals surface area contributed by atoms with Crippen molar-refractivity contribution in [3.63, 3.8) is 0 Å². The van der Waals surface area contributed by atoms with Crippen LogP contribution in [0.5, 0.6) is 0 Å². The number of para-hydroxylation sites is 1. The summed E-state index contributed by atoms with van der Waals surface area (Å²) < 4.78 is 41.6. The van der Waals surface area contributed by atoms with Gasteiger partial charge in [0.25, 0.3) is 10.0 Å². The number of carbonyl (C=O) groups is 1. The molecule has 0 aromatic heterocycles. The van der Waals surface area contributed by atoms with Crippen molar-refractivity contribution in [3.8, 4) is 0 Å². The van der Waals surface area contributed by atoms with Crippen molar-refractivity contribution in [1.29, 1.82) is 0 Å². The predicted molar refractivity (Wildman–Crippen MR) is 132 cm³/mol. The van der Waals surface area contributed by atoms with Crippen LogP contribution in [0.4, 0.5) is 10.1 Å². The summed E-state index contributed by atoms with van der Waals surface area (Å²) >= 11 is 1.77. The number of benzene rings is 3. The minimum atomic E-state index is -4.12. The number of hydrogen-bond donors (Lipinski definition) is 1. The van der Waals surface area contributed by atoms with E-state index in [0.717, 1.165) is 22.2 Å². The third-order valence-electron chi connectivity index (χ3n) is 4.88. The smallest absolute Gasteiger partial charge is 0.264 e. The van der Waals surface area contributed by atoms with Gasteiger partial charge in [0.2, 0.25) is 5.91 Å². The lowest BCUT2D eigenvalue weighted by atomic mass is 10.2. The van der Waals surface area contributed by atoms with Gasteiger partial charge in [-0.15, -0.1) is 0 Å². The second kappa shape index (κ2) is 11.9. The molecule has 0 unspecified atom stereocenters. The number of aryl methyl sites for hydroxylation is 1. The van der Waals surface area contributed by atoms with Crippen molar-refractivity contribution in [3.05, 3.63) is 95.8 Å². The van der Waals surface area contributed by atoms with Gasteiger partial charge in [-0.3, -0.25) is 9.10 Å². The first-order valence-electron chi connectivity index (χ1n) is 10.6. The average molecular weight is 487 g/mol. The van der Waals surface area contributed by atoms with Gasteiger partial charge < -0.3 is 5.32 Å². The summed E-state index contributed by atoms with van der Waals surface area (Å²) in [5.74, 6) is 0.554. The highest BCUT2D eigenvalue weighted by molar-refractivity contribution is 7.98. The zero-order valence-corrected chi connectivity index (χ0v) is 20.0. The number of hydrogen-bond acceptors (Lipinski definition) is 4. The largest absolute Gasteiger partial charge is 0.354 e. The summed E-state index contributed by atoms with van der Waals surface area (Å²) in [4.78, 5) is 12.6. The van der Waals surface area contributed by atoms with E-state index in [1.54, 1.807) is 30.0 Å². The van der Waals surface area contributed by atoms with Crippen molar-refractivity contribution in [2.24, 2.45) is 0 Å². The molecule has 33 heavy (non-hydrogen) atoms. The monoisotopic (exact) mass is 486 g/mol. The van der Waals surface area contributed by atoms with E-state index in [1.807, 2.05) is 6.07 Å². The molecule has 0 saturated carbocycles.